The number of cyclic esters (lactones) is 1. The summed E-state index contributed by atoms with van der Waals surface area (Å²) in [6.45, 7) is 0.622. The van der Waals surface area contributed by atoms with E-state index < -0.39 is 12.1 Å². The number of carboxylic acids is 1. The Morgan fingerprint density at radius 2 is 1.61 bits per heavy atom. The minimum atomic E-state index is -0.797. The lowest BCUT2D eigenvalue weighted by molar-refractivity contribution is -0.152. The van der Waals surface area contributed by atoms with E-state index >= 15 is 0 Å². The highest BCUT2D eigenvalue weighted by Gasteiger charge is 2.24. The van der Waals surface area contributed by atoms with E-state index in [1.807, 2.05) is 66.7 Å². The van der Waals surface area contributed by atoms with E-state index in [1.165, 1.54) is 0 Å². The molecule has 0 spiro atoms. The summed E-state index contributed by atoms with van der Waals surface area (Å²) in [5, 5.41) is 12.7. The zero-order valence-corrected chi connectivity index (χ0v) is 23.4. The van der Waals surface area contributed by atoms with Crippen molar-refractivity contribution in [1.29, 1.82) is 0 Å². The van der Waals surface area contributed by atoms with Gasteiger partial charge in [-0.3, -0.25) is 19.2 Å². The first-order valence-electron chi connectivity index (χ1n) is 14.2. The summed E-state index contributed by atoms with van der Waals surface area (Å²) >= 11 is 0. The number of allylic oxidation sites excluding steroid dienone is 2. The van der Waals surface area contributed by atoms with E-state index in [0.717, 1.165) is 29.5 Å². The number of esters is 1. The van der Waals surface area contributed by atoms with E-state index in [2.05, 4.69) is 10.5 Å². The molecular weight excluding hydrogens is 522 g/mol. The highest BCUT2D eigenvalue weighted by molar-refractivity contribution is 5.82. The van der Waals surface area contributed by atoms with Crippen LogP contribution >= 0.6 is 0 Å². The summed E-state index contributed by atoms with van der Waals surface area (Å²) in [4.78, 5) is 49.9. The molecular formula is C32H39N3O6. The van der Waals surface area contributed by atoms with Gasteiger partial charge < -0.3 is 14.7 Å². The maximum atomic E-state index is 13.2. The average molecular weight is 562 g/mol. The SMILES string of the molecule is O=C(O)CCCCCCC(=O)N/N=C/c1ccc(CN2C[C@@H](c3ccccc3)OC(=O)CC/C=C/CCC2=O)cc1. The van der Waals surface area contributed by atoms with Crippen LogP contribution in [-0.2, 0) is 30.5 Å². The Bertz CT molecular complexity index is 1190. The molecule has 0 aliphatic carbocycles. The van der Waals surface area contributed by atoms with Crippen LogP contribution in [0.5, 0.6) is 0 Å². The number of aliphatic carboxylic acids is 1. The molecule has 1 aliphatic rings. The molecule has 218 valence electrons. The summed E-state index contributed by atoms with van der Waals surface area (Å²) in [5.41, 5.74) is 5.08. The molecule has 1 aliphatic heterocycles. The molecule has 3 rings (SSSR count). The minimum absolute atomic E-state index is 0.0116. The standard InChI is InChI=1S/C32H39N3O6/c36-29(14-8-1-3-10-16-31(38)39)34-33-22-25-18-20-26(21-19-25)23-35-24-28(27-12-6-5-7-13-27)41-32(40)17-11-4-2-9-15-30(35)37/h2,4-7,12-13,18-22,28H,1,3,8-11,14-17,23-24H2,(H,34,36)(H,38,39)/b4-2+,33-22+/t28-/m0/s1. The zero-order chi connectivity index (χ0) is 29.3. The Morgan fingerprint density at radius 1 is 0.927 bits per heavy atom. The van der Waals surface area contributed by atoms with Crippen LogP contribution in [0.15, 0.2) is 71.9 Å². The number of hydrogen-bond donors (Lipinski definition) is 2. The first-order valence-corrected chi connectivity index (χ1v) is 14.2. The predicted molar refractivity (Wildman–Crippen MR) is 156 cm³/mol. The van der Waals surface area contributed by atoms with E-state index in [4.69, 9.17) is 9.84 Å². The van der Waals surface area contributed by atoms with Crippen molar-refractivity contribution in [2.24, 2.45) is 5.10 Å². The fraction of sp³-hybridized carbons (Fsp3) is 0.406. The van der Waals surface area contributed by atoms with Crippen molar-refractivity contribution in [3.05, 3.63) is 83.4 Å². The van der Waals surface area contributed by atoms with Crippen molar-refractivity contribution in [2.45, 2.75) is 76.9 Å². The third kappa shape index (κ3) is 12.2. The van der Waals surface area contributed by atoms with Gasteiger partial charge in [0.15, 0.2) is 0 Å². The van der Waals surface area contributed by atoms with Crippen LogP contribution in [0.1, 0.15) is 87.0 Å². The van der Waals surface area contributed by atoms with E-state index in [1.54, 1.807) is 11.1 Å². The van der Waals surface area contributed by atoms with Crippen molar-refractivity contribution in [1.82, 2.24) is 10.3 Å². The maximum Gasteiger partial charge on any atom is 0.306 e. The predicted octanol–water partition coefficient (Wildman–Crippen LogP) is 5.31. The van der Waals surface area contributed by atoms with Crippen LogP contribution < -0.4 is 5.43 Å². The second-order valence-electron chi connectivity index (χ2n) is 10.1. The zero-order valence-electron chi connectivity index (χ0n) is 23.4. The first kappa shape index (κ1) is 31.3. The summed E-state index contributed by atoms with van der Waals surface area (Å²) < 4.78 is 5.82. The van der Waals surface area contributed by atoms with Gasteiger partial charge in [-0.05, 0) is 42.4 Å². The van der Waals surface area contributed by atoms with Crippen molar-refractivity contribution < 1.29 is 29.0 Å². The third-order valence-electron chi connectivity index (χ3n) is 6.69. The summed E-state index contributed by atoms with van der Waals surface area (Å²) in [5.74, 6) is -1.28. The Morgan fingerprint density at radius 3 is 2.32 bits per heavy atom. The monoisotopic (exact) mass is 561 g/mol. The van der Waals surface area contributed by atoms with Crippen molar-refractivity contribution in [3.8, 4) is 0 Å². The number of carbonyl (C=O) groups excluding carboxylic acids is 3. The Labute approximate surface area is 241 Å². The molecule has 2 aromatic carbocycles. The molecule has 0 fully saturated rings. The highest BCUT2D eigenvalue weighted by atomic mass is 16.5. The van der Waals surface area contributed by atoms with Gasteiger partial charge in [0.2, 0.25) is 11.8 Å². The molecule has 0 aromatic heterocycles. The number of carbonyl (C=O) groups is 4. The topological polar surface area (TPSA) is 125 Å². The number of amides is 2. The van der Waals surface area contributed by atoms with Gasteiger partial charge in [-0.15, -0.1) is 0 Å². The average Bonchev–Trinajstić information content (AvgIpc) is 2.96. The van der Waals surface area contributed by atoms with Crippen LogP contribution in [-0.4, -0.2) is 46.5 Å². The molecule has 2 N–H and O–H groups in total. The van der Waals surface area contributed by atoms with Crippen molar-refractivity contribution in [2.75, 3.05) is 6.54 Å². The van der Waals surface area contributed by atoms with Gasteiger partial charge in [0.25, 0.3) is 0 Å². The molecule has 9 heteroatoms. The number of carboxylic acid groups (broad SMARTS) is 1. The molecule has 0 saturated carbocycles. The molecule has 0 saturated heterocycles. The fourth-order valence-electron chi connectivity index (χ4n) is 4.43. The second-order valence-corrected chi connectivity index (χ2v) is 10.1. The normalized spacial score (nSPS) is 17.4. The number of benzene rings is 2. The van der Waals surface area contributed by atoms with Gasteiger partial charge in [0, 0.05) is 32.2 Å². The van der Waals surface area contributed by atoms with Gasteiger partial charge >= 0.3 is 11.9 Å². The van der Waals surface area contributed by atoms with Gasteiger partial charge in [-0.1, -0.05) is 79.6 Å². The van der Waals surface area contributed by atoms with Crippen molar-refractivity contribution >= 4 is 30.0 Å². The lowest BCUT2D eigenvalue weighted by Gasteiger charge is -2.28. The largest absolute Gasteiger partial charge is 0.481 e. The third-order valence-corrected chi connectivity index (χ3v) is 6.69. The van der Waals surface area contributed by atoms with Gasteiger partial charge in [-0.2, -0.15) is 5.10 Å². The molecule has 0 bridgehead atoms. The molecule has 41 heavy (non-hydrogen) atoms. The van der Waals surface area contributed by atoms with Crippen LogP contribution in [0.3, 0.4) is 0 Å². The van der Waals surface area contributed by atoms with E-state index in [0.29, 0.717) is 51.5 Å². The second kappa shape index (κ2) is 17.4. The van der Waals surface area contributed by atoms with Crippen LogP contribution in [0, 0.1) is 0 Å². The van der Waals surface area contributed by atoms with Crippen LogP contribution in [0.2, 0.25) is 0 Å². The molecule has 1 heterocycles. The van der Waals surface area contributed by atoms with Gasteiger partial charge in [0.05, 0.1) is 12.8 Å². The number of hydrazone groups is 1. The smallest absolute Gasteiger partial charge is 0.306 e. The molecule has 2 amide bonds. The molecule has 9 nitrogen and oxygen atoms in total. The molecule has 0 unspecified atom stereocenters. The van der Waals surface area contributed by atoms with E-state index in [-0.39, 0.29) is 30.7 Å². The lowest BCUT2D eigenvalue weighted by Crippen LogP contribution is -2.35. The Kier molecular flexibility index (Phi) is 13.3. The molecule has 1 atom stereocenters. The first-order chi connectivity index (χ1) is 19.9. The number of hydrogen-bond acceptors (Lipinski definition) is 6. The van der Waals surface area contributed by atoms with Crippen LogP contribution in [0.25, 0.3) is 0 Å². The number of nitrogens with one attached hydrogen (secondary N) is 1. The number of nitrogens with zero attached hydrogens (tertiary/aromatic N) is 2. The molecule has 0 radical (unpaired) electrons. The highest BCUT2D eigenvalue weighted by Crippen LogP contribution is 2.22. The van der Waals surface area contributed by atoms with Gasteiger partial charge in [0.1, 0.15) is 6.10 Å². The fourth-order valence-corrected chi connectivity index (χ4v) is 4.43. The maximum absolute atomic E-state index is 13.2. The number of rotatable bonds is 12. The van der Waals surface area contributed by atoms with Crippen molar-refractivity contribution in [3.63, 3.8) is 0 Å². The Hall–Kier alpha value is -4.27. The van der Waals surface area contributed by atoms with Gasteiger partial charge in [-0.25, -0.2) is 5.43 Å². The number of ether oxygens (including phenoxy) is 1. The summed E-state index contributed by atoms with van der Waals surface area (Å²) in [6, 6.07) is 17.0. The number of unbranched alkanes of at least 4 members (excludes halogenated alkanes) is 3. The molecule has 2 aromatic rings. The van der Waals surface area contributed by atoms with Crippen LogP contribution in [0.4, 0.5) is 0 Å². The Balaban J connectivity index is 1.57. The quantitative estimate of drug-likeness (QED) is 0.119. The summed E-state index contributed by atoms with van der Waals surface area (Å²) in [6.07, 6.45) is 10.1. The lowest BCUT2D eigenvalue weighted by atomic mass is 10.1. The minimum Gasteiger partial charge on any atom is -0.481 e. The summed E-state index contributed by atoms with van der Waals surface area (Å²) in [7, 11) is 0. The van der Waals surface area contributed by atoms with E-state index in [9.17, 15) is 19.2 Å².